The molecule has 1 aliphatic rings. The minimum absolute atomic E-state index is 0.395. The Kier molecular flexibility index (Phi) is 3.65. The second-order valence-electron chi connectivity index (χ2n) is 4.98. The van der Waals surface area contributed by atoms with Crippen molar-refractivity contribution < 1.29 is 0 Å². The van der Waals surface area contributed by atoms with Gasteiger partial charge < -0.3 is 0 Å². The molecule has 2 rings (SSSR count). The molecule has 4 heteroatoms. The lowest BCUT2D eigenvalue weighted by Gasteiger charge is -2.26. The fourth-order valence-corrected chi connectivity index (χ4v) is 3.48. The largest absolute Gasteiger partial charge is 0.267 e. The van der Waals surface area contributed by atoms with Crippen LogP contribution in [-0.2, 0) is 6.54 Å². The van der Waals surface area contributed by atoms with Gasteiger partial charge >= 0.3 is 0 Å². The van der Waals surface area contributed by atoms with Crippen molar-refractivity contribution in [3.8, 4) is 0 Å². The molecule has 0 aromatic carbocycles. The molecule has 16 heavy (non-hydrogen) atoms. The Morgan fingerprint density at radius 2 is 2.00 bits per heavy atom. The maximum Gasteiger partial charge on any atom is 0.0844 e. The lowest BCUT2D eigenvalue weighted by atomic mass is 9.89. The van der Waals surface area contributed by atoms with Crippen LogP contribution in [0.2, 0.25) is 5.02 Å². The summed E-state index contributed by atoms with van der Waals surface area (Å²) in [4.78, 5) is 0. The second-order valence-corrected chi connectivity index (χ2v) is 5.92. The van der Waals surface area contributed by atoms with Gasteiger partial charge in [0, 0.05) is 11.9 Å². The third kappa shape index (κ3) is 2.17. The first-order valence-electron chi connectivity index (χ1n) is 5.83. The van der Waals surface area contributed by atoms with E-state index < -0.39 is 0 Å². The molecule has 1 heterocycles. The normalized spacial score (nSPS) is 19.2. The first-order valence-corrected chi connectivity index (χ1v) is 7.33. The number of halogens is 2. The molecule has 2 nitrogen and oxygen atoms in total. The number of aryl methyl sites for hydroxylation is 1. The van der Waals surface area contributed by atoms with Crippen molar-refractivity contribution in [1.82, 2.24) is 9.78 Å². The smallest absolute Gasteiger partial charge is 0.0844 e. The van der Waals surface area contributed by atoms with Gasteiger partial charge in [0.15, 0.2) is 0 Å². The fourth-order valence-electron chi connectivity index (χ4n) is 2.61. The summed E-state index contributed by atoms with van der Waals surface area (Å²) < 4.78 is 2.09. The minimum Gasteiger partial charge on any atom is -0.267 e. The number of hydrogen-bond acceptors (Lipinski definition) is 1. The summed E-state index contributed by atoms with van der Waals surface area (Å²) in [5, 5.41) is 6.42. The van der Waals surface area contributed by atoms with Gasteiger partial charge in [0.25, 0.3) is 0 Å². The topological polar surface area (TPSA) is 17.8 Å². The van der Waals surface area contributed by atoms with Crippen molar-refractivity contribution in [2.24, 2.45) is 5.41 Å². The van der Waals surface area contributed by atoms with Gasteiger partial charge in [-0.1, -0.05) is 40.4 Å². The number of hydrogen-bond donors (Lipinski definition) is 0. The van der Waals surface area contributed by atoms with E-state index in [9.17, 15) is 0 Å². The Morgan fingerprint density at radius 1 is 1.38 bits per heavy atom. The highest BCUT2D eigenvalue weighted by molar-refractivity contribution is 9.09. The zero-order chi connectivity index (χ0) is 11.8. The van der Waals surface area contributed by atoms with E-state index in [2.05, 4.69) is 32.6 Å². The number of nitrogens with zero attached hydrogens (tertiary/aromatic N) is 2. The van der Waals surface area contributed by atoms with Gasteiger partial charge in [-0.05, 0) is 32.1 Å². The van der Waals surface area contributed by atoms with Crippen LogP contribution in [0, 0.1) is 19.3 Å². The summed E-state index contributed by atoms with van der Waals surface area (Å²) in [6.07, 6.45) is 5.29. The molecule has 0 atom stereocenters. The van der Waals surface area contributed by atoms with E-state index in [1.165, 1.54) is 25.7 Å². The van der Waals surface area contributed by atoms with E-state index in [1.54, 1.807) is 0 Å². The predicted octanol–water partition coefficient (Wildman–Crippen LogP) is 4.11. The Morgan fingerprint density at radius 3 is 2.44 bits per heavy atom. The molecule has 1 fully saturated rings. The zero-order valence-corrected chi connectivity index (χ0v) is 12.2. The molecular weight excluding hydrogens is 288 g/mol. The van der Waals surface area contributed by atoms with Gasteiger partial charge in [-0.2, -0.15) is 5.10 Å². The Hall–Kier alpha value is -0.0200. The van der Waals surface area contributed by atoms with Crippen molar-refractivity contribution in [3.63, 3.8) is 0 Å². The minimum atomic E-state index is 0.395. The lowest BCUT2D eigenvalue weighted by molar-refractivity contribution is 0.275. The maximum atomic E-state index is 6.18. The molecular formula is C12H18BrClN2. The zero-order valence-electron chi connectivity index (χ0n) is 9.89. The number of aromatic nitrogens is 2. The molecule has 0 unspecified atom stereocenters. The van der Waals surface area contributed by atoms with Crippen molar-refractivity contribution in [1.29, 1.82) is 0 Å². The van der Waals surface area contributed by atoms with E-state index in [0.717, 1.165) is 28.3 Å². The first-order chi connectivity index (χ1) is 7.58. The van der Waals surface area contributed by atoms with Crippen LogP contribution in [0.1, 0.15) is 37.1 Å². The van der Waals surface area contributed by atoms with Gasteiger partial charge in [0.2, 0.25) is 0 Å². The van der Waals surface area contributed by atoms with E-state index >= 15 is 0 Å². The average molecular weight is 306 g/mol. The standard InChI is InChI=1S/C12H18BrClN2/c1-9-11(14)10(2)16(15-9)8-12(7-13)5-3-4-6-12/h3-8H2,1-2H3. The Labute approximate surface area is 110 Å². The van der Waals surface area contributed by atoms with Gasteiger partial charge in [-0.3, -0.25) is 4.68 Å². The van der Waals surface area contributed by atoms with Crippen LogP contribution in [0.25, 0.3) is 0 Å². The molecule has 0 bridgehead atoms. The molecule has 1 aromatic rings. The molecule has 90 valence electrons. The van der Waals surface area contributed by atoms with Crippen molar-refractivity contribution in [2.45, 2.75) is 46.1 Å². The summed E-state index contributed by atoms with van der Waals surface area (Å²) in [5.74, 6) is 0. The molecule has 1 aromatic heterocycles. The molecule has 0 saturated heterocycles. The fraction of sp³-hybridized carbons (Fsp3) is 0.750. The molecule has 0 N–H and O–H groups in total. The summed E-state index contributed by atoms with van der Waals surface area (Å²) >= 11 is 9.84. The van der Waals surface area contributed by atoms with Crippen LogP contribution >= 0.6 is 27.5 Å². The highest BCUT2D eigenvalue weighted by Crippen LogP contribution is 2.41. The van der Waals surface area contributed by atoms with Crippen molar-refractivity contribution in [3.05, 3.63) is 16.4 Å². The Balaban J connectivity index is 2.22. The molecule has 0 radical (unpaired) electrons. The van der Waals surface area contributed by atoms with Gasteiger partial charge in [-0.25, -0.2) is 0 Å². The van der Waals surface area contributed by atoms with E-state index in [0.29, 0.717) is 5.41 Å². The van der Waals surface area contributed by atoms with Gasteiger partial charge in [0.05, 0.1) is 16.4 Å². The maximum absolute atomic E-state index is 6.18. The quantitative estimate of drug-likeness (QED) is 0.769. The van der Waals surface area contributed by atoms with Crippen molar-refractivity contribution in [2.75, 3.05) is 5.33 Å². The van der Waals surface area contributed by atoms with Gasteiger partial charge in [-0.15, -0.1) is 0 Å². The van der Waals surface area contributed by atoms with Crippen molar-refractivity contribution >= 4 is 27.5 Å². The van der Waals surface area contributed by atoms with E-state index in [4.69, 9.17) is 11.6 Å². The van der Waals surface area contributed by atoms with Crippen LogP contribution in [0.4, 0.5) is 0 Å². The highest BCUT2D eigenvalue weighted by atomic mass is 79.9. The SMILES string of the molecule is Cc1nn(CC2(CBr)CCCC2)c(C)c1Cl. The van der Waals surface area contributed by atoms with Crippen LogP contribution in [0.5, 0.6) is 0 Å². The second kappa shape index (κ2) is 4.69. The predicted molar refractivity (Wildman–Crippen MR) is 71.4 cm³/mol. The number of rotatable bonds is 3. The van der Waals surface area contributed by atoms with Crippen LogP contribution in [0.15, 0.2) is 0 Å². The third-order valence-corrected chi connectivity index (χ3v) is 5.46. The summed E-state index contributed by atoms with van der Waals surface area (Å²) in [5.41, 5.74) is 2.44. The van der Waals surface area contributed by atoms with Crippen LogP contribution in [0.3, 0.4) is 0 Å². The summed E-state index contributed by atoms with van der Waals surface area (Å²) in [6, 6.07) is 0. The molecule has 0 amide bonds. The summed E-state index contributed by atoms with van der Waals surface area (Å²) in [7, 11) is 0. The summed E-state index contributed by atoms with van der Waals surface area (Å²) in [6.45, 7) is 5.03. The van der Waals surface area contributed by atoms with Gasteiger partial charge in [0.1, 0.15) is 0 Å². The van der Waals surface area contributed by atoms with E-state index in [-0.39, 0.29) is 0 Å². The highest BCUT2D eigenvalue weighted by Gasteiger charge is 2.34. The molecule has 0 spiro atoms. The monoisotopic (exact) mass is 304 g/mol. The molecule has 1 aliphatic carbocycles. The third-order valence-electron chi connectivity index (χ3n) is 3.73. The van der Waals surface area contributed by atoms with E-state index in [1.807, 2.05) is 6.92 Å². The lowest BCUT2D eigenvalue weighted by Crippen LogP contribution is -2.26. The Bertz CT molecular complexity index is 381. The first kappa shape index (κ1) is 12.4. The van der Waals surface area contributed by atoms with Crippen LogP contribution < -0.4 is 0 Å². The molecule has 1 saturated carbocycles. The van der Waals surface area contributed by atoms with Crippen LogP contribution in [-0.4, -0.2) is 15.1 Å². The average Bonchev–Trinajstić information content (AvgIpc) is 2.83. The molecule has 0 aliphatic heterocycles. The number of alkyl halides is 1.